The Morgan fingerprint density at radius 1 is 0.731 bits per heavy atom. The molecule has 0 fully saturated rings. The van der Waals surface area contributed by atoms with Crippen molar-refractivity contribution in [3.63, 3.8) is 0 Å². The lowest BCUT2D eigenvalue weighted by Gasteiger charge is -2.09. The first-order chi connectivity index (χ1) is 12.8. The summed E-state index contributed by atoms with van der Waals surface area (Å²) >= 11 is 0. The summed E-state index contributed by atoms with van der Waals surface area (Å²) in [6.07, 6.45) is 2.00. The van der Waals surface area contributed by atoms with Crippen LogP contribution in [0, 0.1) is 6.92 Å². The van der Waals surface area contributed by atoms with E-state index in [1.807, 2.05) is 6.07 Å². The Labute approximate surface area is 156 Å². The standard InChI is InChI=1S/C24H27NO/c1-20-7-5-6-10-23(20)15-17-25-19-22-11-13-24(14-12-22)26-18-16-21-8-3-2-4-9-21/h2-14,25H,15-19H2,1H3. The number of rotatable bonds is 9. The van der Waals surface area contributed by atoms with Crippen LogP contribution < -0.4 is 10.1 Å². The minimum Gasteiger partial charge on any atom is -0.493 e. The quantitative estimate of drug-likeness (QED) is 0.554. The van der Waals surface area contributed by atoms with E-state index in [9.17, 15) is 0 Å². The number of hydrogen-bond donors (Lipinski definition) is 1. The van der Waals surface area contributed by atoms with Crippen molar-refractivity contribution in [2.24, 2.45) is 0 Å². The van der Waals surface area contributed by atoms with Gasteiger partial charge in [-0.3, -0.25) is 0 Å². The van der Waals surface area contributed by atoms with Gasteiger partial charge in [0.25, 0.3) is 0 Å². The third-order valence-electron chi connectivity index (χ3n) is 4.59. The second-order valence-electron chi connectivity index (χ2n) is 6.58. The molecule has 26 heavy (non-hydrogen) atoms. The highest BCUT2D eigenvalue weighted by Crippen LogP contribution is 2.13. The van der Waals surface area contributed by atoms with Crippen molar-refractivity contribution < 1.29 is 4.74 Å². The molecule has 0 bridgehead atoms. The van der Waals surface area contributed by atoms with Crippen LogP contribution in [0.3, 0.4) is 0 Å². The minimum atomic E-state index is 0.706. The zero-order valence-electron chi connectivity index (χ0n) is 15.4. The van der Waals surface area contributed by atoms with Gasteiger partial charge in [0.15, 0.2) is 0 Å². The predicted molar refractivity (Wildman–Crippen MR) is 109 cm³/mol. The summed E-state index contributed by atoms with van der Waals surface area (Å²) < 4.78 is 5.84. The number of nitrogens with one attached hydrogen (secondary N) is 1. The maximum absolute atomic E-state index is 5.84. The van der Waals surface area contributed by atoms with Gasteiger partial charge in [0.05, 0.1) is 6.61 Å². The molecule has 0 saturated heterocycles. The van der Waals surface area contributed by atoms with Crippen molar-refractivity contribution in [1.29, 1.82) is 0 Å². The van der Waals surface area contributed by atoms with Gasteiger partial charge < -0.3 is 10.1 Å². The van der Waals surface area contributed by atoms with Gasteiger partial charge in [-0.1, -0.05) is 66.7 Å². The highest BCUT2D eigenvalue weighted by atomic mass is 16.5. The summed E-state index contributed by atoms with van der Waals surface area (Å²) in [4.78, 5) is 0. The Hall–Kier alpha value is -2.58. The van der Waals surface area contributed by atoms with Crippen LogP contribution in [0.2, 0.25) is 0 Å². The van der Waals surface area contributed by atoms with Crippen LogP contribution in [0.1, 0.15) is 22.3 Å². The van der Waals surface area contributed by atoms with Gasteiger partial charge in [0.2, 0.25) is 0 Å². The van der Waals surface area contributed by atoms with Gasteiger partial charge in [-0.05, 0) is 54.3 Å². The highest BCUT2D eigenvalue weighted by molar-refractivity contribution is 5.28. The summed E-state index contributed by atoms with van der Waals surface area (Å²) in [6.45, 7) is 4.75. The summed E-state index contributed by atoms with van der Waals surface area (Å²) in [5.41, 5.74) is 5.38. The lowest BCUT2D eigenvalue weighted by molar-refractivity contribution is 0.322. The number of benzene rings is 3. The van der Waals surface area contributed by atoms with Gasteiger partial charge in [-0.25, -0.2) is 0 Å². The molecule has 2 nitrogen and oxygen atoms in total. The van der Waals surface area contributed by atoms with E-state index >= 15 is 0 Å². The molecular formula is C24H27NO. The van der Waals surface area contributed by atoms with Crippen LogP contribution in [0.25, 0.3) is 0 Å². The number of ether oxygens (including phenoxy) is 1. The molecule has 3 aromatic carbocycles. The molecule has 0 aliphatic carbocycles. The van der Waals surface area contributed by atoms with Crippen molar-refractivity contribution >= 4 is 0 Å². The SMILES string of the molecule is Cc1ccccc1CCNCc1ccc(OCCc2ccccc2)cc1. The van der Waals surface area contributed by atoms with Crippen molar-refractivity contribution in [2.45, 2.75) is 26.3 Å². The lowest BCUT2D eigenvalue weighted by atomic mass is 10.1. The third-order valence-corrected chi connectivity index (χ3v) is 4.59. The van der Waals surface area contributed by atoms with E-state index in [0.29, 0.717) is 6.61 Å². The van der Waals surface area contributed by atoms with E-state index in [4.69, 9.17) is 4.74 Å². The first kappa shape index (κ1) is 18.2. The Bertz CT molecular complexity index is 781. The van der Waals surface area contributed by atoms with E-state index in [1.165, 1.54) is 22.3 Å². The highest BCUT2D eigenvalue weighted by Gasteiger charge is 1.99. The Morgan fingerprint density at radius 3 is 2.23 bits per heavy atom. The molecule has 0 spiro atoms. The lowest BCUT2D eigenvalue weighted by Crippen LogP contribution is -2.17. The van der Waals surface area contributed by atoms with Crippen molar-refractivity contribution in [3.8, 4) is 5.75 Å². The van der Waals surface area contributed by atoms with Gasteiger partial charge >= 0.3 is 0 Å². The Balaban J connectivity index is 1.37. The molecule has 0 saturated carbocycles. The van der Waals surface area contributed by atoms with Crippen LogP contribution >= 0.6 is 0 Å². The fourth-order valence-corrected chi connectivity index (χ4v) is 2.98. The predicted octanol–water partition coefficient (Wildman–Crippen LogP) is 4.95. The van der Waals surface area contributed by atoms with Crippen LogP contribution in [0.15, 0.2) is 78.9 Å². The maximum Gasteiger partial charge on any atom is 0.119 e. The minimum absolute atomic E-state index is 0.706. The summed E-state index contributed by atoms with van der Waals surface area (Å²) in [5, 5.41) is 3.52. The Morgan fingerprint density at radius 2 is 1.46 bits per heavy atom. The molecule has 0 unspecified atom stereocenters. The summed E-state index contributed by atoms with van der Waals surface area (Å²) in [7, 11) is 0. The maximum atomic E-state index is 5.84. The van der Waals surface area contributed by atoms with Gasteiger partial charge in [0, 0.05) is 13.0 Å². The average Bonchev–Trinajstić information content (AvgIpc) is 2.68. The molecular weight excluding hydrogens is 318 g/mol. The number of hydrogen-bond acceptors (Lipinski definition) is 2. The third kappa shape index (κ3) is 5.75. The average molecular weight is 345 g/mol. The van der Waals surface area contributed by atoms with E-state index in [0.717, 1.165) is 31.7 Å². The largest absolute Gasteiger partial charge is 0.493 e. The number of aryl methyl sites for hydroxylation is 1. The summed E-state index contributed by atoms with van der Waals surface area (Å²) in [5.74, 6) is 0.935. The van der Waals surface area contributed by atoms with Gasteiger partial charge in [-0.2, -0.15) is 0 Å². The van der Waals surface area contributed by atoms with E-state index in [1.54, 1.807) is 0 Å². The van der Waals surface area contributed by atoms with Crippen molar-refractivity contribution in [2.75, 3.05) is 13.2 Å². The van der Waals surface area contributed by atoms with Crippen molar-refractivity contribution in [3.05, 3.63) is 101 Å². The fraction of sp³-hybridized carbons (Fsp3) is 0.250. The smallest absolute Gasteiger partial charge is 0.119 e. The van der Waals surface area contributed by atoms with Crippen LogP contribution in [-0.2, 0) is 19.4 Å². The molecule has 0 radical (unpaired) electrons. The molecule has 2 heteroatoms. The van der Waals surface area contributed by atoms with E-state index < -0.39 is 0 Å². The second-order valence-corrected chi connectivity index (χ2v) is 6.58. The molecule has 3 rings (SSSR count). The second kappa shape index (κ2) is 9.79. The first-order valence-electron chi connectivity index (χ1n) is 9.32. The first-order valence-corrected chi connectivity index (χ1v) is 9.32. The molecule has 0 atom stereocenters. The van der Waals surface area contributed by atoms with Gasteiger partial charge in [-0.15, -0.1) is 0 Å². The molecule has 0 aliphatic heterocycles. The topological polar surface area (TPSA) is 21.3 Å². The van der Waals surface area contributed by atoms with Crippen LogP contribution in [0.4, 0.5) is 0 Å². The van der Waals surface area contributed by atoms with E-state index in [-0.39, 0.29) is 0 Å². The summed E-state index contributed by atoms with van der Waals surface area (Å²) in [6, 6.07) is 27.4. The Kier molecular flexibility index (Phi) is 6.86. The fourth-order valence-electron chi connectivity index (χ4n) is 2.98. The zero-order chi connectivity index (χ0) is 18.0. The van der Waals surface area contributed by atoms with E-state index in [2.05, 4.69) is 85.0 Å². The molecule has 0 amide bonds. The molecule has 1 N–H and O–H groups in total. The monoisotopic (exact) mass is 345 g/mol. The van der Waals surface area contributed by atoms with Gasteiger partial charge in [0.1, 0.15) is 5.75 Å². The zero-order valence-corrected chi connectivity index (χ0v) is 15.4. The molecule has 134 valence electrons. The molecule has 0 aromatic heterocycles. The molecule has 0 heterocycles. The molecule has 0 aliphatic rings. The molecule has 3 aromatic rings. The van der Waals surface area contributed by atoms with Crippen LogP contribution in [0.5, 0.6) is 5.75 Å². The normalized spacial score (nSPS) is 10.7. The van der Waals surface area contributed by atoms with Crippen LogP contribution in [-0.4, -0.2) is 13.2 Å². The van der Waals surface area contributed by atoms with Crippen molar-refractivity contribution in [1.82, 2.24) is 5.32 Å².